The van der Waals surface area contributed by atoms with E-state index >= 15 is 0 Å². The molecule has 1 aromatic carbocycles. The predicted molar refractivity (Wildman–Crippen MR) is 86.7 cm³/mol. The maximum absolute atomic E-state index is 10.2. The highest BCUT2D eigenvalue weighted by atomic mass is 35.5. The fourth-order valence-electron chi connectivity index (χ4n) is 2.49. The fourth-order valence-corrected chi connectivity index (χ4v) is 3.65. The second kappa shape index (κ2) is 7.66. The van der Waals surface area contributed by atoms with Gasteiger partial charge in [0.05, 0.1) is 6.10 Å². The van der Waals surface area contributed by atoms with Gasteiger partial charge in [0, 0.05) is 41.3 Å². The summed E-state index contributed by atoms with van der Waals surface area (Å²) in [5.41, 5.74) is 0. The van der Waals surface area contributed by atoms with E-state index in [1.54, 1.807) is 11.8 Å². The van der Waals surface area contributed by atoms with Crippen LogP contribution in [-0.4, -0.2) is 66.5 Å². The molecule has 0 spiro atoms. The molecule has 1 aromatic rings. The van der Waals surface area contributed by atoms with Crippen LogP contribution < -0.4 is 0 Å². The average molecular weight is 315 g/mol. The lowest BCUT2D eigenvalue weighted by Gasteiger charge is -2.38. The Kier molecular flexibility index (Phi) is 6.18. The predicted octanol–water partition coefficient (Wildman–Crippen LogP) is 2.43. The standard InChI is InChI=1S/C15H23ClN2OS/c1-17-6-7-18(2)13(10-17)9-14(19)11-20-15-5-3-4-12(16)8-15/h3-5,8,13-14,19H,6-7,9-11H2,1-2H3. The highest BCUT2D eigenvalue weighted by molar-refractivity contribution is 7.99. The summed E-state index contributed by atoms with van der Waals surface area (Å²) in [5.74, 6) is 0.717. The molecule has 2 rings (SSSR count). The Morgan fingerprint density at radius 2 is 2.20 bits per heavy atom. The van der Waals surface area contributed by atoms with Crippen LogP contribution in [0.25, 0.3) is 0 Å². The molecule has 0 bridgehead atoms. The molecule has 0 radical (unpaired) electrons. The number of hydrogen-bond acceptors (Lipinski definition) is 4. The van der Waals surface area contributed by atoms with E-state index in [2.05, 4.69) is 23.9 Å². The minimum atomic E-state index is -0.280. The molecule has 1 fully saturated rings. The molecule has 0 aromatic heterocycles. The monoisotopic (exact) mass is 314 g/mol. The van der Waals surface area contributed by atoms with Crippen LogP contribution in [0.15, 0.2) is 29.2 Å². The fraction of sp³-hybridized carbons (Fsp3) is 0.600. The number of halogens is 1. The summed E-state index contributed by atoms with van der Waals surface area (Å²) < 4.78 is 0. The maximum Gasteiger partial charge on any atom is 0.0649 e. The van der Waals surface area contributed by atoms with E-state index in [9.17, 15) is 5.11 Å². The number of likely N-dealkylation sites (N-methyl/N-ethyl adjacent to an activating group) is 2. The van der Waals surface area contributed by atoms with Crippen LogP contribution in [0, 0.1) is 0 Å². The van der Waals surface area contributed by atoms with Gasteiger partial charge in [0.2, 0.25) is 0 Å². The number of hydrogen-bond donors (Lipinski definition) is 1. The van der Waals surface area contributed by atoms with Crippen molar-refractivity contribution in [3.8, 4) is 0 Å². The Morgan fingerprint density at radius 3 is 2.95 bits per heavy atom. The van der Waals surface area contributed by atoms with Crippen molar-refractivity contribution >= 4 is 23.4 Å². The molecule has 0 amide bonds. The molecule has 2 unspecified atom stereocenters. The van der Waals surface area contributed by atoms with E-state index in [1.807, 2.05) is 24.3 Å². The highest BCUT2D eigenvalue weighted by Crippen LogP contribution is 2.23. The molecule has 112 valence electrons. The lowest BCUT2D eigenvalue weighted by Crippen LogP contribution is -2.51. The Balaban J connectivity index is 1.78. The minimum absolute atomic E-state index is 0.280. The number of thioether (sulfide) groups is 1. The smallest absolute Gasteiger partial charge is 0.0649 e. The SMILES string of the molecule is CN1CCN(C)C(CC(O)CSc2cccc(Cl)c2)C1. The largest absolute Gasteiger partial charge is 0.392 e. The van der Waals surface area contributed by atoms with Gasteiger partial charge in [-0.25, -0.2) is 0 Å². The Labute approximate surface area is 130 Å². The lowest BCUT2D eigenvalue weighted by molar-refractivity contribution is 0.0716. The maximum atomic E-state index is 10.2. The van der Waals surface area contributed by atoms with Crippen LogP contribution in [0.3, 0.4) is 0 Å². The molecular formula is C15H23ClN2OS. The molecule has 1 saturated heterocycles. The van der Waals surface area contributed by atoms with Gasteiger partial charge in [-0.15, -0.1) is 11.8 Å². The third kappa shape index (κ3) is 4.93. The van der Waals surface area contributed by atoms with E-state index in [4.69, 9.17) is 11.6 Å². The quantitative estimate of drug-likeness (QED) is 0.845. The second-order valence-electron chi connectivity index (χ2n) is 5.55. The summed E-state index contributed by atoms with van der Waals surface area (Å²) in [4.78, 5) is 5.81. The molecule has 1 aliphatic heterocycles. The van der Waals surface area contributed by atoms with Gasteiger partial charge in [0.1, 0.15) is 0 Å². The van der Waals surface area contributed by atoms with Gasteiger partial charge in [-0.2, -0.15) is 0 Å². The van der Waals surface area contributed by atoms with Crippen molar-refractivity contribution in [2.75, 3.05) is 39.5 Å². The number of rotatable bonds is 5. The van der Waals surface area contributed by atoms with Crippen LogP contribution in [0.4, 0.5) is 0 Å². The van der Waals surface area contributed by atoms with Crippen molar-refractivity contribution in [1.82, 2.24) is 9.80 Å². The second-order valence-corrected chi connectivity index (χ2v) is 7.08. The first kappa shape index (κ1) is 16.1. The number of benzene rings is 1. The zero-order valence-corrected chi connectivity index (χ0v) is 13.7. The van der Waals surface area contributed by atoms with Crippen molar-refractivity contribution in [2.24, 2.45) is 0 Å². The van der Waals surface area contributed by atoms with Gasteiger partial charge in [0.15, 0.2) is 0 Å². The summed E-state index contributed by atoms with van der Waals surface area (Å²) in [6, 6.07) is 8.24. The van der Waals surface area contributed by atoms with E-state index in [1.165, 1.54) is 0 Å². The number of aliphatic hydroxyl groups excluding tert-OH is 1. The van der Waals surface area contributed by atoms with Gasteiger partial charge < -0.3 is 14.9 Å². The van der Waals surface area contributed by atoms with Crippen LogP contribution in [0.5, 0.6) is 0 Å². The zero-order chi connectivity index (χ0) is 14.5. The summed E-state index contributed by atoms with van der Waals surface area (Å²) in [5, 5.41) is 11.0. The van der Waals surface area contributed by atoms with E-state index in [-0.39, 0.29) is 6.10 Å². The summed E-state index contributed by atoms with van der Waals surface area (Å²) in [6.45, 7) is 3.23. The van der Waals surface area contributed by atoms with Crippen molar-refractivity contribution < 1.29 is 5.11 Å². The van der Waals surface area contributed by atoms with Crippen LogP contribution >= 0.6 is 23.4 Å². The molecule has 1 N–H and O–H groups in total. The van der Waals surface area contributed by atoms with Gasteiger partial charge in [0.25, 0.3) is 0 Å². The van der Waals surface area contributed by atoms with Crippen LogP contribution in [0.1, 0.15) is 6.42 Å². The molecule has 5 heteroatoms. The first-order valence-corrected chi connectivity index (χ1v) is 8.36. The molecule has 1 heterocycles. The molecule has 0 saturated carbocycles. The van der Waals surface area contributed by atoms with E-state index in [0.29, 0.717) is 11.8 Å². The minimum Gasteiger partial charge on any atom is -0.392 e. The zero-order valence-electron chi connectivity index (χ0n) is 12.1. The normalized spacial score (nSPS) is 22.9. The summed E-state index contributed by atoms with van der Waals surface area (Å²) in [6.07, 6.45) is 0.548. The molecule has 3 nitrogen and oxygen atoms in total. The Morgan fingerprint density at radius 1 is 1.40 bits per heavy atom. The Hall–Kier alpha value is -0.260. The highest BCUT2D eigenvalue weighted by Gasteiger charge is 2.24. The summed E-state index contributed by atoms with van der Waals surface area (Å²) >= 11 is 7.63. The van der Waals surface area contributed by atoms with E-state index < -0.39 is 0 Å². The number of aliphatic hydroxyl groups is 1. The first-order valence-electron chi connectivity index (χ1n) is 7.00. The molecular weight excluding hydrogens is 292 g/mol. The molecule has 20 heavy (non-hydrogen) atoms. The third-order valence-corrected chi connectivity index (χ3v) is 5.14. The van der Waals surface area contributed by atoms with Crippen LogP contribution in [-0.2, 0) is 0 Å². The van der Waals surface area contributed by atoms with Crippen molar-refractivity contribution in [3.63, 3.8) is 0 Å². The number of piperazine rings is 1. The van der Waals surface area contributed by atoms with Crippen molar-refractivity contribution in [3.05, 3.63) is 29.3 Å². The van der Waals surface area contributed by atoms with E-state index in [0.717, 1.165) is 36.0 Å². The van der Waals surface area contributed by atoms with Crippen molar-refractivity contribution in [1.29, 1.82) is 0 Å². The Bertz CT molecular complexity index is 432. The lowest BCUT2D eigenvalue weighted by atomic mass is 10.1. The average Bonchev–Trinajstić information content (AvgIpc) is 2.41. The topological polar surface area (TPSA) is 26.7 Å². The van der Waals surface area contributed by atoms with Gasteiger partial charge in [-0.05, 0) is 38.7 Å². The van der Waals surface area contributed by atoms with Crippen LogP contribution in [0.2, 0.25) is 5.02 Å². The number of nitrogens with zero attached hydrogens (tertiary/aromatic N) is 2. The van der Waals surface area contributed by atoms with Gasteiger partial charge in [-0.3, -0.25) is 0 Å². The van der Waals surface area contributed by atoms with Gasteiger partial charge >= 0.3 is 0 Å². The molecule has 1 aliphatic rings. The first-order chi connectivity index (χ1) is 9.54. The van der Waals surface area contributed by atoms with Crippen molar-refractivity contribution in [2.45, 2.75) is 23.5 Å². The van der Waals surface area contributed by atoms with Gasteiger partial charge in [-0.1, -0.05) is 17.7 Å². The molecule has 2 atom stereocenters. The third-order valence-electron chi connectivity index (χ3n) is 3.76. The summed E-state index contributed by atoms with van der Waals surface area (Å²) in [7, 11) is 4.29. The molecule has 0 aliphatic carbocycles.